The zero-order chi connectivity index (χ0) is 38.4. The monoisotopic (exact) mass is 730 g/mol. The molecular formula is C37H66N2O12. The molecule has 2 bridgehead atoms. The molecule has 14 heteroatoms. The van der Waals surface area contributed by atoms with E-state index in [1.165, 1.54) is 14.0 Å². The van der Waals surface area contributed by atoms with Crippen LogP contribution in [0.3, 0.4) is 0 Å². The molecule has 14 nitrogen and oxygen atoms in total. The average molecular weight is 731 g/mol. The summed E-state index contributed by atoms with van der Waals surface area (Å²) < 4.78 is 44.5. The summed E-state index contributed by atoms with van der Waals surface area (Å²) in [6.07, 6.45) is -7.53. The number of fused-ring (bicyclic) bond motifs is 2. The smallest absolute Gasteiger partial charge is 0.311 e. The summed E-state index contributed by atoms with van der Waals surface area (Å²) in [6.45, 7) is 17.8. The zero-order valence-electron chi connectivity index (χ0n) is 32.9. The quantitative estimate of drug-likeness (QED) is 0.281. The largest absolute Gasteiger partial charge is 0.472 e. The molecule has 0 unspecified atom stereocenters. The summed E-state index contributed by atoms with van der Waals surface area (Å²) >= 11 is 0. The lowest BCUT2D eigenvalue weighted by atomic mass is 9.79. The molecule has 3 fully saturated rings. The van der Waals surface area contributed by atoms with Crippen molar-refractivity contribution in [3.63, 3.8) is 0 Å². The normalized spacial score (nSPS) is 50.3. The first kappa shape index (κ1) is 42.3. The molecule has 4 aliphatic heterocycles. The summed E-state index contributed by atoms with van der Waals surface area (Å²) in [6, 6.07) is -1.04. The van der Waals surface area contributed by atoms with Gasteiger partial charge in [-0.15, -0.1) is 0 Å². The highest BCUT2D eigenvalue weighted by molar-refractivity contribution is 5.81. The number of carbonyl (C=O) groups excluding carboxylic acids is 1. The lowest BCUT2D eigenvalue weighted by Crippen LogP contribution is -2.60. The van der Waals surface area contributed by atoms with Gasteiger partial charge in [-0.25, -0.2) is 4.99 Å². The minimum Gasteiger partial charge on any atom is -0.472 e. The number of hydrogen-bond acceptors (Lipinski definition) is 14. The first-order valence-electron chi connectivity index (χ1n) is 18.7. The summed E-state index contributed by atoms with van der Waals surface area (Å²) in [4.78, 5) is 20.9. The Morgan fingerprint density at radius 1 is 0.961 bits per heavy atom. The highest BCUT2D eigenvalue weighted by Gasteiger charge is 2.56. The van der Waals surface area contributed by atoms with Gasteiger partial charge in [0.25, 0.3) is 0 Å². The summed E-state index contributed by atoms with van der Waals surface area (Å²) in [5.41, 5.74) is -3.91. The SMILES string of the molecule is CC[C@H]1OC(=O)[C@H](C)[C@@H](O[C@@H]2C[C@](C)(OC)[C@H](O)[C@@H](C)O2)[C@H](C)[C@@H](O[C@H]2O[C@H](C)C[C@H](N(C)C)[C@H]2O)[C@]2(C)C[C@H](C)C(=N[C@H](C)[C@@H](O)[C@]1(C)O)O2. The Hall–Kier alpha value is -1.46. The first-order chi connectivity index (χ1) is 23.6. The fourth-order valence-corrected chi connectivity index (χ4v) is 8.61. The van der Waals surface area contributed by atoms with E-state index in [-0.39, 0.29) is 30.9 Å². The van der Waals surface area contributed by atoms with E-state index in [2.05, 4.69) is 0 Å². The summed E-state index contributed by atoms with van der Waals surface area (Å²) in [7, 11) is 5.33. The second-order valence-electron chi connectivity index (χ2n) is 16.5. The van der Waals surface area contributed by atoms with E-state index in [0.29, 0.717) is 18.7 Å². The van der Waals surface area contributed by atoms with Crippen molar-refractivity contribution in [1.29, 1.82) is 0 Å². The van der Waals surface area contributed by atoms with E-state index in [1.807, 2.05) is 46.7 Å². The van der Waals surface area contributed by atoms with Gasteiger partial charge in [0.15, 0.2) is 18.5 Å². The molecule has 18 atom stereocenters. The predicted octanol–water partition coefficient (Wildman–Crippen LogP) is 2.41. The number of methoxy groups -OCH3 is 1. The van der Waals surface area contributed by atoms with E-state index < -0.39 is 96.0 Å². The number of rotatable bonds is 7. The van der Waals surface area contributed by atoms with E-state index in [1.54, 1.807) is 34.6 Å². The van der Waals surface area contributed by atoms with E-state index in [9.17, 15) is 25.2 Å². The average Bonchev–Trinajstić information content (AvgIpc) is 3.35. The van der Waals surface area contributed by atoms with Gasteiger partial charge in [0.1, 0.15) is 41.7 Å². The Balaban J connectivity index is 1.85. The third-order valence-corrected chi connectivity index (χ3v) is 11.9. The van der Waals surface area contributed by atoms with Crippen molar-refractivity contribution in [3.8, 4) is 0 Å². The Morgan fingerprint density at radius 3 is 2.20 bits per heavy atom. The van der Waals surface area contributed by atoms with Crippen molar-refractivity contribution in [1.82, 2.24) is 4.90 Å². The molecule has 0 saturated carbocycles. The maximum Gasteiger partial charge on any atom is 0.311 e. The minimum atomic E-state index is -1.84. The molecule has 4 heterocycles. The van der Waals surface area contributed by atoms with Gasteiger partial charge in [-0.3, -0.25) is 4.79 Å². The van der Waals surface area contributed by atoms with Gasteiger partial charge in [-0.05, 0) is 75.4 Å². The van der Waals surface area contributed by atoms with Gasteiger partial charge in [-0.1, -0.05) is 20.8 Å². The number of aliphatic hydroxyl groups is 4. The molecule has 296 valence electrons. The van der Waals surface area contributed by atoms with Crippen molar-refractivity contribution in [2.75, 3.05) is 21.2 Å². The van der Waals surface area contributed by atoms with Crippen LogP contribution in [0.1, 0.15) is 94.9 Å². The number of cyclic esters (lactones) is 1. The van der Waals surface area contributed by atoms with Crippen LogP contribution in [-0.4, -0.2) is 149 Å². The second kappa shape index (κ2) is 16.1. The third kappa shape index (κ3) is 8.60. The molecule has 0 spiro atoms. The van der Waals surface area contributed by atoms with Crippen LogP contribution < -0.4 is 0 Å². The number of hydrogen-bond donors (Lipinski definition) is 4. The number of aliphatic imine (C=N–C) groups is 1. The molecule has 0 aromatic heterocycles. The Bertz CT molecular complexity index is 1220. The summed E-state index contributed by atoms with van der Waals surface area (Å²) in [5.74, 6) is -2.03. The Labute approximate surface area is 304 Å². The van der Waals surface area contributed by atoms with E-state index in [0.717, 1.165) is 0 Å². The molecule has 3 saturated heterocycles. The fraction of sp³-hybridized carbons (Fsp3) is 0.946. The Morgan fingerprint density at radius 2 is 1.61 bits per heavy atom. The molecule has 0 aliphatic carbocycles. The van der Waals surface area contributed by atoms with Gasteiger partial charge in [0.05, 0.1) is 35.9 Å². The lowest BCUT2D eigenvalue weighted by Gasteiger charge is -2.48. The van der Waals surface area contributed by atoms with Crippen molar-refractivity contribution >= 4 is 11.9 Å². The maximum atomic E-state index is 14.2. The third-order valence-electron chi connectivity index (χ3n) is 11.9. The van der Waals surface area contributed by atoms with Gasteiger partial charge in [0, 0.05) is 37.8 Å². The van der Waals surface area contributed by atoms with Crippen LogP contribution in [0, 0.1) is 17.8 Å². The van der Waals surface area contributed by atoms with Crippen molar-refractivity contribution < 1.29 is 58.4 Å². The highest BCUT2D eigenvalue weighted by Crippen LogP contribution is 2.44. The van der Waals surface area contributed by atoms with Gasteiger partial charge >= 0.3 is 5.97 Å². The number of ether oxygens (including phenoxy) is 7. The number of esters is 1. The number of carbonyl (C=O) groups is 1. The highest BCUT2D eigenvalue weighted by atomic mass is 16.7. The van der Waals surface area contributed by atoms with Gasteiger partial charge in [-0.2, -0.15) is 0 Å². The molecule has 0 aromatic carbocycles. The molecular weight excluding hydrogens is 664 g/mol. The zero-order valence-corrected chi connectivity index (χ0v) is 32.9. The molecule has 51 heavy (non-hydrogen) atoms. The number of aliphatic hydroxyl groups excluding tert-OH is 3. The molecule has 4 rings (SSSR count). The van der Waals surface area contributed by atoms with Crippen LogP contribution >= 0.6 is 0 Å². The van der Waals surface area contributed by atoms with Gasteiger partial charge in [0.2, 0.25) is 0 Å². The van der Waals surface area contributed by atoms with Crippen LogP contribution in [0.25, 0.3) is 0 Å². The summed E-state index contributed by atoms with van der Waals surface area (Å²) in [5, 5.41) is 45.5. The van der Waals surface area contributed by atoms with Crippen LogP contribution in [0.5, 0.6) is 0 Å². The molecule has 4 aliphatic rings. The lowest BCUT2D eigenvalue weighted by molar-refractivity contribution is -0.315. The standard InChI is InChI=1S/C37H66N2O12/c1-14-25-37(10,44)29(41)22(6)38-32-18(2)16-36(9,51-32)31(50-34-27(40)24(39(11)12)15-19(3)46-34)20(4)28(21(5)33(43)48-25)49-26-17-35(8,45-13)30(42)23(7)47-26/h18-31,34,40-42,44H,14-17H2,1-13H3/t18-,19+,20-,21+,22+,23+,24-,25+,26+,27+,28-,29+,30+,31+,34+,35-,36-,37+/m0/s1. The minimum absolute atomic E-state index is 0.163. The van der Waals surface area contributed by atoms with Crippen LogP contribution in [-0.2, 0) is 38.0 Å². The van der Waals surface area contributed by atoms with Crippen LogP contribution in [0.15, 0.2) is 4.99 Å². The second-order valence-corrected chi connectivity index (χ2v) is 16.5. The predicted molar refractivity (Wildman–Crippen MR) is 188 cm³/mol. The van der Waals surface area contributed by atoms with Crippen LogP contribution in [0.4, 0.5) is 0 Å². The fourth-order valence-electron chi connectivity index (χ4n) is 8.61. The van der Waals surface area contributed by atoms with Crippen molar-refractivity contribution in [2.24, 2.45) is 22.7 Å². The topological polar surface area (TPSA) is 178 Å². The Kier molecular flexibility index (Phi) is 13.4. The number of likely N-dealkylation sites (N-methyl/N-ethyl adjacent to an activating group) is 1. The van der Waals surface area contributed by atoms with Crippen LogP contribution in [0.2, 0.25) is 0 Å². The maximum absolute atomic E-state index is 14.2. The molecule has 0 aromatic rings. The van der Waals surface area contributed by atoms with Gasteiger partial charge < -0.3 is 58.5 Å². The van der Waals surface area contributed by atoms with Crippen molar-refractivity contribution in [3.05, 3.63) is 0 Å². The number of nitrogens with zero attached hydrogens (tertiary/aromatic N) is 2. The molecule has 0 amide bonds. The van der Waals surface area contributed by atoms with E-state index >= 15 is 0 Å². The van der Waals surface area contributed by atoms with Crippen molar-refractivity contribution in [2.45, 2.75) is 185 Å². The molecule has 4 N–H and O–H groups in total. The van der Waals surface area contributed by atoms with E-state index in [4.69, 9.17) is 38.2 Å². The first-order valence-corrected chi connectivity index (χ1v) is 18.7. The molecule has 0 radical (unpaired) electrons.